The summed E-state index contributed by atoms with van der Waals surface area (Å²) >= 11 is 0. The highest BCUT2D eigenvalue weighted by Gasteiger charge is 2.28. The average Bonchev–Trinajstić information content (AvgIpc) is 3.44. The number of carbonyl (C=O) groups excluding carboxylic acids is 2. The van der Waals surface area contributed by atoms with E-state index in [1.165, 1.54) is 5.57 Å². The van der Waals surface area contributed by atoms with Crippen molar-refractivity contribution in [3.05, 3.63) is 65.0 Å². The molecule has 0 spiro atoms. The molecule has 0 radical (unpaired) electrons. The summed E-state index contributed by atoms with van der Waals surface area (Å²) in [6, 6.07) is 12.2. The van der Waals surface area contributed by atoms with Gasteiger partial charge in [-0.2, -0.15) is 0 Å². The van der Waals surface area contributed by atoms with Crippen LogP contribution < -0.4 is 10.6 Å². The Morgan fingerprint density at radius 3 is 2.68 bits per heavy atom. The third kappa shape index (κ3) is 4.03. The number of allylic oxidation sites excluding steroid dienone is 1. The standard InChI is InChI=1S/C25H25N2O3P/c28-21(27-16-10-11-16)14-30-25(29)23-18-7-1-2-8-19(18)24(31)22-15(5-3-9-20(22)23)13-17-6-4-12-26-17/h1-2,4,6-8,12-13,16,26H,3,5,9-11,14,31H2,(H,27,28)/b15-13+. The van der Waals surface area contributed by atoms with Crippen LogP contribution in [0.2, 0.25) is 0 Å². The number of benzene rings is 2. The minimum Gasteiger partial charge on any atom is -0.452 e. The molecule has 0 aliphatic heterocycles. The lowest BCUT2D eigenvalue weighted by Crippen LogP contribution is -2.30. The highest BCUT2D eigenvalue weighted by atomic mass is 31.0. The number of rotatable bonds is 5. The van der Waals surface area contributed by atoms with Crippen molar-refractivity contribution in [1.29, 1.82) is 0 Å². The van der Waals surface area contributed by atoms with Crippen LogP contribution in [0, 0.1) is 0 Å². The lowest BCUT2D eigenvalue weighted by atomic mass is 9.81. The minimum atomic E-state index is -0.426. The number of esters is 1. The Morgan fingerprint density at radius 1 is 1.13 bits per heavy atom. The van der Waals surface area contributed by atoms with E-state index >= 15 is 0 Å². The fourth-order valence-electron chi connectivity index (χ4n) is 4.42. The van der Waals surface area contributed by atoms with Crippen LogP contribution >= 0.6 is 9.24 Å². The third-order valence-electron chi connectivity index (χ3n) is 5.99. The van der Waals surface area contributed by atoms with Gasteiger partial charge in [0.2, 0.25) is 0 Å². The molecule has 1 aromatic heterocycles. The van der Waals surface area contributed by atoms with Gasteiger partial charge in [0.05, 0.1) is 5.56 Å². The van der Waals surface area contributed by atoms with Crippen molar-refractivity contribution < 1.29 is 14.3 Å². The van der Waals surface area contributed by atoms with E-state index in [2.05, 4.69) is 25.6 Å². The second kappa shape index (κ2) is 8.32. The molecule has 31 heavy (non-hydrogen) atoms. The average molecular weight is 432 g/mol. The number of nitrogens with one attached hydrogen (secondary N) is 2. The van der Waals surface area contributed by atoms with Crippen LogP contribution in [-0.2, 0) is 16.0 Å². The molecule has 1 unspecified atom stereocenters. The zero-order valence-corrected chi connectivity index (χ0v) is 18.4. The summed E-state index contributed by atoms with van der Waals surface area (Å²) in [7, 11) is 2.88. The molecular formula is C25H25N2O3P. The summed E-state index contributed by atoms with van der Waals surface area (Å²) in [5.41, 5.74) is 4.97. The smallest absolute Gasteiger partial charge is 0.339 e. The Balaban J connectivity index is 1.58. The number of hydrogen-bond acceptors (Lipinski definition) is 3. The summed E-state index contributed by atoms with van der Waals surface area (Å²) in [5.74, 6) is -0.659. The predicted molar refractivity (Wildman–Crippen MR) is 126 cm³/mol. The van der Waals surface area contributed by atoms with Gasteiger partial charge < -0.3 is 15.0 Å². The highest BCUT2D eigenvalue weighted by molar-refractivity contribution is 7.28. The Hall–Kier alpha value is -2.91. The number of hydrogen-bond donors (Lipinski definition) is 2. The van der Waals surface area contributed by atoms with Crippen LogP contribution in [0.25, 0.3) is 22.4 Å². The van der Waals surface area contributed by atoms with Crippen LogP contribution in [0.3, 0.4) is 0 Å². The molecule has 2 N–H and O–H groups in total. The summed E-state index contributed by atoms with van der Waals surface area (Å²) in [5, 5.41) is 5.86. The van der Waals surface area contributed by atoms with Crippen molar-refractivity contribution in [3.63, 3.8) is 0 Å². The van der Waals surface area contributed by atoms with Gasteiger partial charge in [-0.05, 0) is 83.1 Å². The minimum absolute atomic E-state index is 0.232. The number of carbonyl (C=O) groups is 2. The van der Waals surface area contributed by atoms with E-state index in [0.29, 0.717) is 5.56 Å². The van der Waals surface area contributed by atoms with Crippen molar-refractivity contribution in [1.82, 2.24) is 10.3 Å². The number of H-pyrrole nitrogens is 1. The monoisotopic (exact) mass is 432 g/mol. The van der Waals surface area contributed by atoms with Crippen LogP contribution in [-0.4, -0.2) is 29.5 Å². The molecule has 158 valence electrons. The van der Waals surface area contributed by atoms with Crippen molar-refractivity contribution in [3.8, 4) is 0 Å². The van der Waals surface area contributed by atoms with Gasteiger partial charge in [0.1, 0.15) is 0 Å². The molecule has 0 saturated heterocycles. The Kier molecular flexibility index (Phi) is 5.37. The zero-order chi connectivity index (χ0) is 21.4. The molecule has 5 rings (SSSR count). The van der Waals surface area contributed by atoms with Gasteiger partial charge in [-0.15, -0.1) is 9.24 Å². The van der Waals surface area contributed by atoms with Gasteiger partial charge in [0.25, 0.3) is 5.91 Å². The molecule has 5 nitrogen and oxygen atoms in total. The first-order valence-corrected chi connectivity index (χ1v) is 11.3. The topological polar surface area (TPSA) is 71.2 Å². The second-order valence-corrected chi connectivity index (χ2v) is 8.83. The Bertz CT molecular complexity index is 1190. The van der Waals surface area contributed by atoms with E-state index in [1.807, 2.05) is 42.6 Å². The molecule has 1 atom stereocenters. The van der Waals surface area contributed by atoms with Crippen molar-refractivity contribution in [2.75, 3.05) is 6.61 Å². The first kappa shape index (κ1) is 20.0. The van der Waals surface area contributed by atoms with E-state index < -0.39 is 5.97 Å². The maximum Gasteiger partial charge on any atom is 0.339 e. The molecule has 2 aliphatic rings. The van der Waals surface area contributed by atoms with Crippen LogP contribution in [0.1, 0.15) is 52.9 Å². The third-order valence-corrected chi connectivity index (χ3v) is 6.59. The molecule has 1 heterocycles. The lowest BCUT2D eigenvalue weighted by molar-refractivity contribution is -0.124. The fourth-order valence-corrected chi connectivity index (χ4v) is 5.03. The fraction of sp³-hybridized carbons (Fsp3) is 0.280. The number of amides is 1. The maximum absolute atomic E-state index is 13.2. The number of aromatic amines is 1. The lowest BCUT2D eigenvalue weighted by Gasteiger charge is -2.26. The molecule has 2 aromatic carbocycles. The van der Waals surface area contributed by atoms with Crippen LogP contribution in [0.15, 0.2) is 42.6 Å². The van der Waals surface area contributed by atoms with Crippen molar-refractivity contribution in [2.45, 2.75) is 38.1 Å². The van der Waals surface area contributed by atoms with Gasteiger partial charge in [-0.25, -0.2) is 4.79 Å². The SMILES string of the molecule is O=C(COC(=O)c1c2c(c(P)c3ccccc13)/C(=C/c1ccc[nH]1)CCC2)NC1CC1. The molecule has 1 saturated carbocycles. The second-order valence-electron chi connectivity index (χ2n) is 8.25. The van der Waals surface area contributed by atoms with Crippen LogP contribution in [0.4, 0.5) is 0 Å². The molecule has 2 aliphatic carbocycles. The van der Waals surface area contributed by atoms with E-state index in [-0.39, 0.29) is 18.6 Å². The normalized spacial score (nSPS) is 16.9. The Labute approximate surface area is 183 Å². The molecular weight excluding hydrogens is 407 g/mol. The van der Waals surface area contributed by atoms with Crippen molar-refractivity contribution in [2.24, 2.45) is 0 Å². The zero-order valence-electron chi connectivity index (χ0n) is 17.2. The summed E-state index contributed by atoms with van der Waals surface area (Å²) < 4.78 is 5.49. The van der Waals surface area contributed by atoms with Crippen molar-refractivity contribution >= 4 is 48.8 Å². The molecule has 1 amide bonds. The van der Waals surface area contributed by atoms with E-state index in [0.717, 1.165) is 65.0 Å². The number of aromatic nitrogens is 1. The quantitative estimate of drug-likeness (QED) is 0.473. The predicted octanol–water partition coefficient (Wildman–Crippen LogP) is 3.98. The van der Waals surface area contributed by atoms with Gasteiger partial charge in [0, 0.05) is 17.9 Å². The molecule has 0 bridgehead atoms. The summed E-state index contributed by atoms with van der Waals surface area (Å²) in [6.45, 7) is -0.244. The van der Waals surface area contributed by atoms with Gasteiger partial charge >= 0.3 is 5.97 Å². The van der Waals surface area contributed by atoms with E-state index in [4.69, 9.17) is 4.74 Å². The molecule has 1 fully saturated rings. The summed E-state index contributed by atoms with van der Waals surface area (Å²) in [6.07, 6.45) is 8.80. The summed E-state index contributed by atoms with van der Waals surface area (Å²) in [4.78, 5) is 28.5. The first-order chi connectivity index (χ1) is 15.1. The highest BCUT2D eigenvalue weighted by Crippen LogP contribution is 2.38. The van der Waals surface area contributed by atoms with Gasteiger partial charge in [0.15, 0.2) is 6.61 Å². The number of ether oxygens (including phenoxy) is 1. The van der Waals surface area contributed by atoms with Gasteiger partial charge in [-0.3, -0.25) is 4.79 Å². The molecule has 6 heteroatoms. The van der Waals surface area contributed by atoms with E-state index in [9.17, 15) is 9.59 Å². The maximum atomic E-state index is 13.2. The molecule has 3 aromatic rings. The first-order valence-electron chi connectivity index (χ1n) is 10.8. The Morgan fingerprint density at radius 2 is 1.94 bits per heavy atom. The van der Waals surface area contributed by atoms with E-state index in [1.54, 1.807) is 0 Å². The van der Waals surface area contributed by atoms with Crippen LogP contribution in [0.5, 0.6) is 0 Å². The van der Waals surface area contributed by atoms with Gasteiger partial charge in [-0.1, -0.05) is 24.3 Å². The number of fused-ring (bicyclic) bond motifs is 2. The largest absolute Gasteiger partial charge is 0.452 e.